The Kier molecular flexibility index (Phi) is 3.54. The molecular formula is C13H14N2OS. The Labute approximate surface area is 103 Å². The molecule has 0 aliphatic rings. The highest BCUT2D eigenvalue weighted by Gasteiger charge is 2.06. The van der Waals surface area contributed by atoms with E-state index in [0.717, 1.165) is 16.3 Å². The van der Waals surface area contributed by atoms with Gasteiger partial charge in [0.1, 0.15) is 0 Å². The summed E-state index contributed by atoms with van der Waals surface area (Å²) in [5, 5.41) is 0. The number of pyridine rings is 1. The van der Waals surface area contributed by atoms with Gasteiger partial charge in [0, 0.05) is 16.3 Å². The molecule has 1 aromatic heterocycles. The van der Waals surface area contributed by atoms with Crippen LogP contribution in [-0.2, 0) is 16.6 Å². The van der Waals surface area contributed by atoms with Crippen molar-refractivity contribution >= 4 is 16.5 Å². The minimum absolute atomic E-state index is 0.422. The number of nitrogens with zero attached hydrogens (tertiary/aromatic N) is 1. The Morgan fingerprint density at radius 3 is 2.71 bits per heavy atom. The molecule has 0 radical (unpaired) electrons. The minimum Gasteiger partial charge on any atom is -0.399 e. The summed E-state index contributed by atoms with van der Waals surface area (Å²) < 4.78 is 12.1. The van der Waals surface area contributed by atoms with Crippen LogP contribution in [0, 0.1) is 6.92 Å². The van der Waals surface area contributed by atoms with Gasteiger partial charge < -0.3 is 5.73 Å². The summed E-state index contributed by atoms with van der Waals surface area (Å²) in [4.78, 5) is 5.08. The lowest BCUT2D eigenvalue weighted by molar-refractivity contribution is 0.682. The Hall–Kier alpha value is -1.68. The predicted octanol–water partition coefficient (Wildman–Crippen LogP) is 2.28. The molecule has 2 rings (SSSR count). The summed E-state index contributed by atoms with van der Waals surface area (Å²) >= 11 is 0. The number of nitrogen functional groups attached to an aromatic ring is 1. The standard InChI is InChI=1S/C13H14N2OS/c1-10-4-2-6-12(15-10)9-17(16)13-7-3-5-11(14)8-13/h2-8H,9,14H2,1H3. The van der Waals surface area contributed by atoms with Gasteiger partial charge in [0.2, 0.25) is 0 Å². The van der Waals surface area contributed by atoms with Crippen LogP contribution in [0.5, 0.6) is 0 Å². The molecule has 4 heteroatoms. The summed E-state index contributed by atoms with van der Waals surface area (Å²) in [6.45, 7) is 1.92. The van der Waals surface area contributed by atoms with Crippen molar-refractivity contribution in [3.05, 3.63) is 53.9 Å². The molecule has 17 heavy (non-hydrogen) atoms. The predicted molar refractivity (Wildman–Crippen MR) is 69.9 cm³/mol. The zero-order valence-electron chi connectivity index (χ0n) is 9.59. The highest BCUT2D eigenvalue weighted by atomic mass is 32.2. The Balaban J connectivity index is 2.17. The first kappa shape index (κ1) is 11.8. The number of nitrogens with two attached hydrogens (primary N) is 1. The number of benzene rings is 1. The second kappa shape index (κ2) is 5.10. The van der Waals surface area contributed by atoms with E-state index in [1.54, 1.807) is 12.1 Å². The molecular weight excluding hydrogens is 232 g/mol. The summed E-state index contributed by atoms with van der Waals surface area (Å²) in [6.07, 6.45) is 0. The van der Waals surface area contributed by atoms with Gasteiger partial charge in [-0.2, -0.15) is 0 Å². The zero-order chi connectivity index (χ0) is 12.3. The molecule has 2 N–H and O–H groups in total. The average molecular weight is 246 g/mol. The lowest BCUT2D eigenvalue weighted by atomic mass is 10.3. The largest absolute Gasteiger partial charge is 0.399 e. The second-order valence-electron chi connectivity index (χ2n) is 3.83. The van der Waals surface area contributed by atoms with E-state index in [4.69, 9.17) is 5.73 Å². The van der Waals surface area contributed by atoms with E-state index in [1.807, 2.05) is 37.3 Å². The molecule has 0 fully saturated rings. The molecule has 0 aliphatic carbocycles. The SMILES string of the molecule is Cc1cccc(CS(=O)c2cccc(N)c2)n1. The van der Waals surface area contributed by atoms with Crippen molar-refractivity contribution in [2.75, 3.05) is 5.73 Å². The van der Waals surface area contributed by atoms with Gasteiger partial charge in [0.25, 0.3) is 0 Å². The fourth-order valence-corrected chi connectivity index (χ4v) is 2.65. The average Bonchev–Trinajstić information content (AvgIpc) is 2.29. The molecule has 0 saturated carbocycles. The number of hydrogen-bond donors (Lipinski definition) is 1. The third kappa shape index (κ3) is 3.14. The molecule has 0 bridgehead atoms. The summed E-state index contributed by atoms with van der Waals surface area (Å²) in [6, 6.07) is 12.9. The van der Waals surface area contributed by atoms with Crippen LogP contribution in [0.1, 0.15) is 11.4 Å². The molecule has 0 saturated heterocycles. The smallest absolute Gasteiger partial charge is 0.0705 e. The van der Waals surface area contributed by atoms with Crippen molar-refractivity contribution < 1.29 is 4.21 Å². The van der Waals surface area contributed by atoms with Gasteiger partial charge in [-0.25, -0.2) is 0 Å². The molecule has 1 heterocycles. The Bertz CT molecular complexity index is 555. The number of aromatic nitrogens is 1. The van der Waals surface area contributed by atoms with Crippen LogP contribution in [0.25, 0.3) is 0 Å². The van der Waals surface area contributed by atoms with Gasteiger partial charge >= 0.3 is 0 Å². The highest BCUT2D eigenvalue weighted by molar-refractivity contribution is 7.84. The van der Waals surface area contributed by atoms with E-state index in [0.29, 0.717) is 11.4 Å². The topological polar surface area (TPSA) is 56.0 Å². The third-order valence-corrected chi connectivity index (χ3v) is 3.68. The first-order chi connectivity index (χ1) is 8.15. The maximum atomic E-state index is 12.1. The van der Waals surface area contributed by atoms with Crippen molar-refractivity contribution in [3.8, 4) is 0 Å². The first-order valence-electron chi connectivity index (χ1n) is 5.31. The van der Waals surface area contributed by atoms with Gasteiger partial charge in [-0.05, 0) is 37.3 Å². The van der Waals surface area contributed by atoms with Crippen LogP contribution >= 0.6 is 0 Å². The van der Waals surface area contributed by atoms with Crippen LogP contribution < -0.4 is 5.73 Å². The van der Waals surface area contributed by atoms with Crippen LogP contribution in [0.4, 0.5) is 5.69 Å². The maximum absolute atomic E-state index is 12.1. The van der Waals surface area contributed by atoms with Gasteiger partial charge in [0.15, 0.2) is 0 Å². The number of aryl methyl sites for hydroxylation is 1. The van der Waals surface area contributed by atoms with Crippen LogP contribution in [0.2, 0.25) is 0 Å². The number of rotatable bonds is 3. The first-order valence-corrected chi connectivity index (χ1v) is 6.63. The molecule has 1 atom stereocenters. The normalized spacial score (nSPS) is 12.3. The molecule has 0 spiro atoms. The quantitative estimate of drug-likeness (QED) is 0.845. The van der Waals surface area contributed by atoms with Gasteiger partial charge in [0.05, 0.1) is 22.2 Å². The van der Waals surface area contributed by atoms with E-state index in [9.17, 15) is 4.21 Å². The monoisotopic (exact) mass is 246 g/mol. The lowest BCUT2D eigenvalue weighted by Crippen LogP contribution is -2.00. The van der Waals surface area contributed by atoms with E-state index in [-0.39, 0.29) is 0 Å². The van der Waals surface area contributed by atoms with Crippen molar-refractivity contribution in [2.45, 2.75) is 17.6 Å². The summed E-state index contributed by atoms with van der Waals surface area (Å²) in [5.41, 5.74) is 8.07. The third-order valence-electron chi connectivity index (χ3n) is 2.35. The van der Waals surface area contributed by atoms with Gasteiger partial charge in [-0.1, -0.05) is 12.1 Å². The summed E-state index contributed by atoms with van der Waals surface area (Å²) in [7, 11) is -1.10. The zero-order valence-corrected chi connectivity index (χ0v) is 10.4. The minimum atomic E-state index is -1.10. The maximum Gasteiger partial charge on any atom is 0.0705 e. The molecule has 1 aromatic carbocycles. The fourth-order valence-electron chi connectivity index (χ4n) is 1.55. The Morgan fingerprint density at radius 2 is 2.00 bits per heavy atom. The van der Waals surface area contributed by atoms with Crippen molar-refractivity contribution in [1.29, 1.82) is 0 Å². The molecule has 1 unspecified atom stereocenters. The van der Waals surface area contributed by atoms with Crippen LogP contribution in [0.3, 0.4) is 0 Å². The molecule has 88 valence electrons. The number of hydrogen-bond acceptors (Lipinski definition) is 3. The van der Waals surface area contributed by atoms with E-state index in [2.05, 4.69) is 4.98 Å². The van der Waals surface area contributed by atoms with E-state index in [1.165, 1.54) is 0 Å². The van der Waals surface area contributed by atoms with Crippen molar-refractivity contribution in [1.82, 2.24) is 4.98 Å². The van der Waals surface area contributed by atoms with Crippen molar-refractivity contribution in [2.24, 2.45) is 0 Å². The van der Waals surface area contributed by atoms with Gasteiger partial charge in [-0.15, -0.1) is 0 Å². The second-order valence-corrected chi connectivity index (χ2v) is 5.28. The highest BCUT2D eigenvalue weighted by Crippen LogP contribution is 2.14. The van der Waals surface area contributed by atoms with Crippen LogP contribution in [0.15, 0.2) is 47.4 Å². The van der Waals surface area contributed by atoms with Crippen LogP contribution in [-0.4, -0.2) is 9.19 Å². The fraction of sp³-hybridized carbons (Fsp3) is 0.154. The van der Waals surface area contributed by atoms with E-state index < -0.39 is 10.8 Å². The van der Waals surface area contributed by atoms with E-state index >= 15 is 0 Å². The number of anilines is 1. The molecule has 0 aliphatic heterocycles. The van der Waals surface area contributed by atoms with Crippen molar-refractivity contribution in [3.63, 3.8) is 0 Å². The summed E-state index contributed by atoms with van der Waals surface area (Å²) in [5.74, 6) is 0.422. The Morgan fingerprint density at radius 1 is 1.24 bits per heavy atom. The lowest BCUT2D eigenvalue weighted by Gasteiger charge is -2.03. The molecule has 2 aromatic rings. The van der Waals surface area contributed by atoms with Gasteiger partial charge in [-0.3, -0.25) is 9.19 Å². The molecule has 0 amide bonds. The molecule has 3 nitrogen and oxygen atoms in total.